The van der Waals surface area contributed by atoms with Gasteiger partial charge in [0, 0.05) is 24.3 Å². The molecular weight excluding hydrogens is 230 g/mol. The van der Waals surface area contributed by atoms with Crippen LogP contribution in [0, 0.1) is 0 Å². The summed E-state index contributed by atoms with van der Waals surface area (Å²) in [5, 5.41) is 6.83. The Morgan fingerprint density at radius 1 is 1.50 bits per heavy atom. The van der Waals surface area contributed by atoms with Crippen molar-refractivity contribution in [3.8, 4) is 0 Å². The molecule has 1 heterocycles. The van der Waals surface area contributed by atoms with Gasteiger partial charge in [-0.15, -0.1) is 10.2 Å². The normalized spacial score (nSPS) is 11.9. The fourth-order valence-corrected chi connectivity index (χ4v) is 1.85. The predicted molar refractivity (Wildman–Crippen MR) is 49.4 cm³/mol. The minimum Gasteiger partial charge on any atom is -0.374 e. The molecule has 6 nitrogen and oxygen atoms in total. The Morgan fingerprint density at radius 2 is 2.14 bits per heavy atom. The van der Waals surface area contributed by atoms with Gasteiger partial charge in [-0.2, -0.15) is 0 Å². The molecule has 0 spiro atoms. The molecule has 0 fully saturated rings. The highest BCUT2D eigenvalue weighted by atomic mass is 35.7. The lowest BCUT2D eigenvalue weighted by molar-refractivity contribution is 0.125. The molecule has 0 aromatic carbocycles. The highest BCUT2D eigenvalue weighted by Gasteiger charge is 2.19. The van der Waals surface area contributed by atoms with E-state index in [-0.39, 0.29) is 11.8 Å². The summed E-state index contributed by atoms with van der Waals surface area (Å²) >= 11 is 0. The Kier molecular flexibility index (Phi) is 3.46. The van der Waals surface area contributed by atoms with E-state index in [1.165, 1.54) is 11.6 Å². The molecule has 0 amide bonds. The SMILES string of the molecule is CCOCc1nnc(S(=O)(=O)Cl)n1C. The molecule has 0 aliphatic rings. The molecule has 0 bridgehead atoms. The second-order valence-electron chi connectivity index (χ2n) is 2.53. The van der Waals surface area contributed by atoms with E-state index in [1.54, 1.807) is 0 Å². The third-order valence-corrected chi connectivity index (χ3v) is 2.78. The molecule has 0 radical (unpaired) electrons. The quantitative estimate of drug-likeness (QED) is 0.706. The van der Waals surface area contributed by atoms with E-state index in [0.717, 1.165) is 0 Å². The summed E-state index contributed by atoms with van der Waals surface area (Å²) in [6.07, 6.45) is 0. The molecule has 0 aliphatic heterocycles. The second-order valence-corrected chi connectivity index (χ2v) is 4.99. The molecule has 0 atom stereocenters. The van der Waals surface area contributed by atoms with Crippen molar-refractivity contribution >= 4 is 19.7 Å². The fourth-order valence-electron chi connectivity index (χ4n) is 0.876. The monoisotopic (exact) mass is 239 g/mol. The van der Waals surface area contributed by atoms with Gasteiger partial charge in [-0.05, 0) is 6.92 Å². The van der Waals surface area contributed by atoms with Crippen LogP contribution >= 0.6 is 10.7 Å². The molecule has 0 saturated carbocycles. The van der Waals surface area contributed by atoms with Gasteiger partial charge in [0.05, 0.1) is 0 Å². The molecule has 1 aromatic heterocycles. The fraction of sp³-hybridized carbons (Fsp3) is 0.667. The van der Waals surface area contributed by atoms with Crippen LogP contribution in [0.1, 0.15) is 12.7 Å². The molecular formula is C6H10ClN3O3S. The van der Waals surface area contributed by atoms with Crippen LogP contribution in [0.4, 0.5) is 0 Å². The minimum atomic E-state index is -3.83. The second kappa shape index (κ2) is 4.24. The molecule has 0 unspecified atom stereocenters. The number of rotatable bonds is 4. The number of halogens is 1. The van der Waals surface area contributed by atoms with Crippen molar-refractivity contribution in [1.29, 1.82) is 0 Å². The Labute approximate surface area is 86.3 Å². The molecule has 1 rings (SSSR count). The van der Waals surface area contributed by atoms with Gasteiger partial charge in [0.1, 0.15) is 6.61 Å². The third kappa shape index (κ3) is 2.43. The van der Waals surface area contributed by atoms with E-state index in [9.17, 15) is 8.42 Å². The smallest absolute Gasteiger partial charge is 0.296 e. The lowest BCUT2D eigenvalue weighted by atomic mass is 10.6. The van der Waals surface area contributed by atoms with Crippen molar-refractivity contribution in [2.24, 2.45) is 7.05 Å². The lowest BCUT2D eigenvalue weighted by Gasteiger charge is -2.01. The Balaban J connectivity index is 2.97. The van der Waals surface area contributed by atoms with E-state index >= 15 is 0 Å². The van der Waals surface area contributed by atoms with E-state index < -0.39 is 9.05 Å². The van der Waals surface area contributed by atoms with Crippen molar-refractivity contribution < 1.29 is 13.2 Å². The van der Waals surface area contributed by atoms with Crippen LogP contribution in [0.15, 0.2) is 5.16 Å². The summed E-state index contributed by atoms with van der Waals surface area (Å²) in [5.41, 5.74) is 0. The molecule has 0 N–H and O–H groups in total. The maximum atomic E-state index is 10.9. The first-order valence-corrected chi connectivity index (χ1v) is 6.18. The van der Waals surface area contributed by atoms with Gasteiger partial charge in [0.25, 0.3) is 14.2 Å². The largest absolute Gasteiger partial charge is 0.374 e. The summed E-state index contributed by atoms with van der Waals surface area (Å²) in [6, 6.07) is 0. The molecule has 80 valence electrons. The van der Waals surface area contributed by atoms with Crippen LogP contribution in [-0.2, 0) is 27.4 Å². The van der Waals surface area contributed by atoms with Gasteiger partial charge in [-0.1, -0.05) is 0 Å². The first-order valence-electron chi connectivity index (χ1n) is 3.87. The van der Waals surface area contributed by atoms with Crippen molar-refractivity contribution in [3.63, 3.8) is 0 Å². The van der Waals surface area contributed by atoms with Crippen molar-refractivity contribution in [3.05, 3.63) is 5.82 Å². The van der Waals surface area contributed by atoms with Gasteiger partial charge in [0.15, 0.2) is 5.82 Å². The number of ether oxygens (including phenoxy) is 1. The van der Waals surface area contributed by atoms with E-state index in [4.69, 9.17) is 15.4 Å². The molecule has 0 aliphatic carbocycles. The average molecular weight is 240 g/mol. The average Bonchev–Trinajstić information content (AvgIpc) is 2.42. The summed E-state index contributed by atoms with van der Waals surface area (Å²) in [4.78, 5) is 0. The van der Waals surface area contributed by atoms with Crippen LogP contribution < -0.4 is 0 Å². The third-order valence-electron chi connectivity index (χ3n) is 1.58. The van der Waals surface area contributed by atoms with Gasteiger partial charge in [-0.25, -0.2) is 8.42 Å². The summed E-state index contributed by atoms with van der Waals surface area (Å²) in [7, 11) is 2.81. The summed E-state index contributed by atoms with van der Waals surface area (Å²) in [5.74, 6) is 0.422. The minimum absolute atomic E-state index is 0.215. The zero-order chi connectivity index (χ0) is 10.8. The Hall–Kier alpha value is -0.660. The first kappa shape index (κ1) is 11.4. The number of hydrogen-bond acceptors (Lipinski definition) is 5. The van der Waals surface area contributed by atoms with Gasteiger partial charge in [0.2, 0.25) is 0 Å². The maximum Gasteiger partial charge on any atom is 0.296 e. The Morgan fingerprint density at radius 3 is 2.57 bits per heavy atom. The van der Waals surface area contributed by atoms with Crippen molar-refractivity contribution in [2.75, 3.05) is 6.61 Å². The molecule has 1 aromatic rings. The molecule has 0 saturated heterocycles. The standard InChI is InChI=1S/C6H10ClN3O3S/c1-3-13-4-5-8-9-6(10(5)2)14(7,11)12/h3-4H2,1-2H3. The van der Waals surface area contributed by atoms with Crippen LogP contribution in [0.2, 0.25) is 0 Å². The van der Waals surface area contributed by atoms with Crippen molar-refractivity contribution in [2.45, 2.75) is 18.7 Å². The van der Waals surface area contributed by atoms with E-state index in [1.807, 2.05) is 6.92 Å². The zero-order valence-corrected chi connectivity index (χ0v) is 9.34. The summed E-state index contributed by atoms with van der Waals surface area (Å²) < 4.78 is 28.2. The lowest BCUT2D eigenvalue weighted by Crippen LogP contribution is -2.06. The van der Waals surface area contributed by atoms with Crippen LogP contribution in [-0.4, -0.2) is 29.8 Å². The number of hydrogen-bond donors (Lipinski definition) is 0. The molecule has 8 heteroatoms. The topological polar surface area (TPSA) is 74.1 Å². The van der Waals surface area contributed by atoms with E-state index in [2.05, 4.69) is 10.2 Å². The van der Waals surface area contributed by atoms with Gasteiger partial charge >= 0.3 is 0 Å². The zero-order valence-electron chi connectivity index (χ0n) is 7.77. The summed E-state index contributed by atoms with van der Waals surface area (Å²) in [6.45, 7) is 2.57. The highest BCUT2D eigenvalue weighted by molar-refractivity contribution is 8.13. The predicted octanol–water partition coefficient (Wildman–Crippen LogP) is 0.279. The first-order chi connectivity index (χ1) is 6.46. The van der Waals surface area contributed by atoms with Gasteiger partial charge < -0.3 is 9.30 Å². The maximum absolute atomic E-state index is 10.9. The van der Waals surface area contributed by atoms with Gasteiger partial charge in [-0.3, -0.25) is 0 Å². The Bertz CT molecular complexity index is 414. The van der Waals surface area contributed by atoms with Crippen LogP contribution in [0.5, 0.6) is 0 Å². The van der Waals surface area contributed by atoms with E-state index in [0.29, 0.717) is 12.4 Å². The van der Waals surface area contributed by atoms with Crippen molar-refractivity contribution in [1.82, 2.24) is 14.8 Å². The number of aromatic nitrogens is 3. The highest BCUT2D eigenvalue weighted by Crippen LogP contribution is 2.12. The van der Waals surface area contributed by atoms with Crippen LogP contribution in [0.25, 0.3) is 0 Å². The van der Waals surface area contributed by atoms with Crippen LogP contribution in [0.3, 0.4) is 0 Å². The number of nitrogens with zero attached hydrogens (tertiary/aromatic N) is 3. The molecule has 14 heavy (non-hydrogen) atoms.